The van der Waals surface area contributed by atoms with Crippen LogP contribution in [0.2, 0.25) is 5.02 Å². The molecular formula is C19H12ClF3N2O2. The van der Waals surface area contributed by atoms with Crippen LogP contribution < -0.4 is 4.90 Å². The molecule has 3 aromatic rings. The topological polar surface area (TPSA) is 46.3 Å². The van der Waals surface area contributed by atoms with Gasteiger partial charge in [0.05, 0.1) is 16.3 Å². The van der Waals surface area contributed by atoms with Crippen molar-refractivity contribution in [2.45, 2.75) is 13.3 Å². The summed E-state index contributed by atoms with van der Waals surface area (Å²) in [5.41, 5.74) is 0.280. The Bertz CT molecular complexity index is 1060. The number of carbonyl (C=O) groups is 1. The first-order chi connectivity index (χ1) is 12.9. The second kappa shape index (κ2) is 6.42. The lowest BCUT2D eigenvalue weighted by Gasteiger charge is -2.18. The van der Waals surface area contributed by atoms with Gasteiger partial charge in [-0.2, -0.15) is 0 Å². The predicted molar refractivity (Wildman–Crippen MR) is 93.4 cm³/mol. The van der Waals surface area contributed by atoms with Crippen LogP contribution in [0.4, 0.5) is 18.9 Å². The van der Waals surface area contributed by atoms with Gasteiger partial charge < -0.3 is 9.42 Å². The maximum atomic E-state index is 14.3. The molecule has 0 radical (unpaired) electrons. The maximum absolute atomic E-state index is 14.3. The summed E-state index contributed by atoms with van der Waals surface area (Å²) in [4.78, 5) is 14.4. The van der Waals surface area contributed by atoms with Gasteiger partial charge in [0.25, 0.3) is 5.91 Å². The number of aromatic nitrogens is 1. The van der Waals surface area contributed by atoms with E-state index in [1.165, 1.54) is 30.0 Å². The van der Waals surface area contributed by atoms with Crippen molar-refractivity contribution in [1.82, 2.24) is 5.16 Å². The minimum Gasteiger partial charge on any atom is -0.360 e. The van der Waals surface area contributed by atoms with Crippen molar-refractivity contribution in [2.75, 3.05) is 11.4 Å². The predicted octanol–water partition coefficient (Wildman–Crippen LogP) is 4.92. The molecule has 2 aromatic carbocycles. The van der Waals surface area contributed by atoms with Crippen LogP contribution in [-0.4, -0.2) is 17.6 Å². The third-order valence-corrected chi connectivity index (χ3v) is 4.85. The molecule has 0 unspecified atom stereocenters. The number of hydrogen-bond acceptors (Lipinski definition) is 3. The quantitative estimate of drug-likeness (QED) is 0.621. The van der Waals surface area contributed by atoms with Crippen molar-refractivity contribution in [2.24, 2.45) is 0 Å². The van der Waals surface area contributed by atoms with Crippen molar-refractivity contribution < 1.29 is 22.5 Å². The van der Waals surface area contributed by atoms with Gasteiger partial charge in [-0.15, -0.1) is 0 Å². The molecule has 0 bridgehead atoms. The zero-order valence-electron chi connectivity index (χ0n) is 14.0. The van der Waals surface area contributed by atoms with E-state index >= 15 is 0 Å². The number of rotatable bonds is 2. The first-order valence-electron chi connectivity index (χ1n) is 8.09. The number of hydrogen-bond donors (Lipinski definition) is 0. The van der Waals surface area contributed by atoms with Gasteiger partial charge in [0.15, 0.2) is 0 Å². The average Bonchev–Trinajstić information content (AvgIpc) is 3.18. The summed E-state index contributed by atoms with van der Waals surface area (Å²) in [7, 11) is 0. The molecule has 1 amide bonds. The van der Waals surface area contributed by atoms with E-state index in [0.717, 1.165) is 12.1 Å². The molecule has 1 aliphatic rings. The number of amides is 1. The summed E-state index contributed by atoms with van der Waals surface area (Å²) in [6.07, 6.45) is 0.243. The molecular weight excluding hydrogens is 381 g/mol. The Kier molecular flexibility index (Phi) is 4.19. The molecule has 1 aromatic heterocycles. The van der Waals surface area contributed by atoms with Crippen LogP contribution in [0.25, 0.3) is 11.3 Å². The smallest absolute Gasteiger partial charge is 0.264 e. The molecule has 2 heterocycles. The Morgan fingerprint density at radius 3 is 2.74 bits per heavy atom. The highest BCUT2D eigenvalue weighted by Gasteiger charge is 2.33. The summed E-state index contributed by atoms with van der Waals surface area (Å²) in [6.45, 7) is 1.66. The molecule has 0 N–H and O–H groups in total. The molecule has 138 valence electrons. The normalized spacial score (nSPS) is 13.1. The van der Waals surface area contributed by atoms with E-state index in [0.29, 0.717) is 0 Å². The minimum absolute atomic E-state index is 0.000445. The third-order valence-electron chi connectivity index (χ3n) is 4.53. The van der Waals surface area contributed by atoms with Crippen LogP contribution in [0, 0.1) is 24.4 Å². The molecule has 0 aliphatic carbocycles. The van der Waals surface area contributed by atoms with E-state index in [1.54, 1.807) is 0 Å². The number of aryl methyl sites for hydroxylation is 1. The largest absolute Gasteiger partial charge is 0.360 e. The summed E-state index contributed by atoms with van der Waals surface area (Å²) in [5, 5.41) is 3.86. The summed E-state index contributed by atoms with van der Waals surface area (Å²) in [5.74, 6) is -2.60. The summed E-state index contributed by atoms with van der Waals surface area (Å²) < 4.78 is 47.1. The SMILES string of the molecule is Cc1onc(-c2c(F)cccc2Cl)c1C(=O)N1CCc2c(F)cc(F)cc21. The first kappa shape index (κ1) is 17.6. The number of carbonyl (C=O) groups excluding carboxylic acids is 1. The zero-order valence-corrected chi connectivity index (χ0v) is 14.8. The Balaban J connectivity index is 1.84. The lowest BCUT2D eigenvalue weighted by Crippen LogP contribution is -2.29. The van der Waals surface area contributed by atoms with Gasteiger partial charge in [0.1, 0.15) is 34.5 Å². The van der Waals surface area contributed by atoms with Crippen LogP contribution in [0.3, 0.4) is 0 Å². The third kappa shape index (κ3) is 2.78. The highest BCUT2D eigenvalue weighted by atomic mass is 35.5. The Labute approximate surface area is 157 Å². The van der Waals surface area contributed by atoms with Gasteiger partial charge >= 0.3 is 0 Å². The number of nitrogens with zero attached hydrogens (tertiary/aromatic N) is 2. The standard InChI is InChI=1S/C19H12ClF3N2O2/c1-9-16(18(24-27-9)17-12(20)3-2-4-13(17)22)19(26)25-6-5-11-14(23)7-10(21)8-15(11)25/h2-4,7-8H,5-6H2,1H3. The molecule has 4 rings (SSSR count). The molecule has 0 atom stereocenters. The maximum Gasteiger partial charge on any atom is 0.264 e. The van der Waals surface area contributed by atoms with Crippen LogP contribution in [-0.2, 0) is 6.42 Å². The van der Waals surface area contributed by atoms with Crippen molar-refractivity contribution in [1.29, 1.82) is 0 Å². The molecule has 0 saturated carbocycles. The van der Waals surface area contributed by atoms with Crippen LogP contribution in [0.1, 0.15) is 21.7 Å². The Hall–Kier alpha value is -2.80. The van der Waals surface area contributed by atoms with Crippen LogP contribution in [0.5, 0.6) is 0 Å². The van der Waals surface area contributed by atoms with E-state index in [4.69, 9.17) is 16.1 Å². The molecule has 0 saturated heterocycles. The summed E-state index contributed by atoms with van der Waals surface area (Å²) in [6, 6.07) is 5.96. The Morgan fingerprint density at radius 1 is 1.22 bits per heavy atom. The van der Waals surface area contributed by atoms with Crippen molar-refractivity contribution in [3.63, 3.8) is 0 Å². The van der Waals surface area contributed by atoms with Crippen LogP contribution in [0.15, 0.2) is 34.9 Å². The van der Waals surface area contributed by atoms with Gasteiger partial charge in [0, 0.05) is 18.2 Å². The van der Waals surface area contributed by atoms with E-state index in [1.807, 2.05) is 0 Å². The summed E-state index contributed by atoms with van der Waals surface area (Å²) >= 11 is 6.09. The molecule has 1 aliphatic heterocycles. The van der Waals surface area contributed by atoms with E-state index in [-0.39, 0.29) is 51.8 Å². The van der Waals surface area contributed by atoms with E-state index in [2.05, 4.69) is 5.16 Å². The van der Waals surface area contributed by atoms with Gasteiger partial charge in [-0.1, -0.05) is 22.8 Å². The lowest BCUT2D eigenvalue weighted by molar-refractivity contribution is 0.0988. The van der Waals surface area contributed by atoms with Crippen molar-refractivity contribution >= 4 is 23.2 Å². The van der Waals surface area contributed by atoms with Crippen molar-refractivity contribution in [3.05, 3.63) is 69.7 Å². The minimum atomic E-state index is -0.787. The van der Waals surface area contributed by atoms with E-state index < -0.39 is 23.4 Å². The van der Waals surface area contributed by atoms with Gasteiger partial charge in [-0.05, 0) is 31.5 Å². The zero-order chi connectivity index (χ0) is 19.3. The molecule has 0 fully saturated rings. The fourth-order valence-corrected chi connectivity index (χ4v) is 3.54. The molecule has 27 heavy (non-hydrogen) atoms. The molecule has 8 heteroatoms. The Morgan fingerprint density at radius 2 is 2.00 bits per heavy atom. The highest BCUT2D eigenvalue weighted by molar-refractivity contribution is 6.33. The average molecular weight is 393 g/mol. The fourth-order valence-electron chi connectivity index (χ4n) is 3.29. The first-order valence-corrected chi connectivity index (χ1v) is 8.46. The number of anilines is 1. The number of fused-ring (bicyclic) bond motifs is 1. The molecule has 4 nitrogen and oxygen atoms in total. The van der Waals surface area contributed by atoms with Gasteiger partial charge in [-0.25, -0.2) is 13.2 Å². The van der Waals surface area contributed by atoms with Crippen LogP contribution >= 0.6 is 11.6 Å². The van der Waals surface area contributed by atoms with Gasteiger partial charge in [0.2, 0.25) is 0 Å². The number of halogens is 4. The number of benzene rings is 2. The second-order valence-electron chi connectivity index (χ2n) is 6.15. The second-order valence-corrected chi connectivity index (χ2v) is 6.56. The fraction of sp³-hybridized carbons (Fsp3) is 0.158. The molecule has 0 spiro atoms. The van der Waals surface area contributed by atoms with Gasteiger partial charge in [-0.3, -0.25) is 4.79 Å². The van der Waals surface area contributed by atoms with E-state index in [9.17, 15) is 18.0 Å². The highest BCUT2D eigenvalue weighted by Crippen LogP contribution is 2.37. The van der Waals surface area contributed by atoms with Crippen molar-refractivity contribution in [3.8, 4) is 11.3 Å². The lowest BCUT2D eigenvalue weighted by atomic mass is 10.0. The monoisotopic (exact) mass is 392 g/mol.